The summed E-state index contributed by atoms with van der Waals surface area (Å²) < 4.78 is 0. The summed E-state index contributed by atoms with van der Waals surface area (Å²) in [6.07, 6.45) is 5.36. The van der Waals surface area contributed by atoms with E-state index >= 15 is 0 Å². The van der Waals surface area contributed by atoms with Crippen LogP contribution in [-0.4, -0.2) is 29.6 Å². The maximum absolute atomic E-state index is 4.53. The number of aromatic nitrogens is 2. The number of rotatable bonds is 5. The van der Waals surface area contributed by atoms with Crippen molar-refractivity contribution in [2.75, 3.05) is 29.9 Å². The van der Waals surface area contributed by atoms with Crippen LogP contribution in [0.3, 0.4) is 0 Å². The van der Waals surface area contributed by atoms with E-state index < -0.39 is 0 Å². The average molecular weight is 248 g/mol. The van der Waals surface area contributed by atoms with Crippen LogP contribution in [0.5, 0.6) is 0 Å². The van der Waals surface area contributed by atoms with Gasteiger partial charge in [0, 0.05) is 25.2 Å². The Balaban J connectivity index is 2.32. The van der Waals surface area contributed by atoms with Gasteiger partial charge in [0.2, 0.25) is 0 Å². The summed E-state index contributed by atoms with van der Waals surface area (Å²) in [5.74, 6) is 2.60. The van der Waals surface area contributed by atoms with Crippen LogP contribution in [0.4, 0.5) is 11.6 Å². The zero-order valence-electron chi connectivity index (χ0n) is 11.7. The third-order valence-corrected chi connectivity index (χ3v) is 3.39. The minimum atomic E-state index is 0.446. The minimum absolute atomic E-state index is 0.446. The van der Waals surface area contributed by atoms with E-state index in [9.17, 15) is 0 Å². The van der Waals surface area contributed by atoms with Crippen molar-refractivity contribution < 1.29 is 0 Å². The summed E-state index contributed by atoms with van der Waals surface area (Å²) in [4.78, 5) is 11.3. The molecule has 0 unspecified atom stereocenters. The molecule has 0 bridgehead atoms. The number of hydrogen-bond donors (Lipinski definition) is 1. The monoisotopic (exact) mass is 248 g/mol. The zero-order valence-corrected chi connectivity index (χ0v) is 11.7. The molecule has 2 heterocycles. The summed E-state index contributed by atoms with van der Waals surface area (Å²) in [6, 6.07) is 0. The van der Waals surface area contributed by atoms with Gasteiger partial charge in [0.25, 0.3) is 0 Å². The Kier molecular flexibility index (Phi) is 4.39. The second-order valence-corrected chi connectivity index (χ2v) is 5.24. The summed E-state index contributed by atoms with van der Waals surface area (Å²) in [5.41, 5.74) is 1.27. The van der Waals surface area contributed by atoms with E-state index in [2.05, 4.69) is 41.0 Å². The van der Waals surface area contributed by atoms with E-state index in [0.717, 1.165) is 37.7 Å². The van der Waals surface area contributed by atoms with Crippen molar-refractivity contribution in [3.8, 4) is 0 Å². The predicted octanol–water partition coefficient (Wildman–Crippen LogP) is 3.02. The highest BCUT2D eigenvalue weighted by molar-refractivity contribution is 5.60. The molecule has 0 amide bonds. The molecule has 1 aromatic heterocycles. The van der Waals surface area contributed by atoms with Crippen molar-refractivity contribution in [2.24, 2.45) is 0 Å². The zero-order chi connectivity index (χ0) is 13.0. The smallest absolute Gasteiger partial charge is 0.137 e. The van der Waals surface area contributed by atoms with Crippen LogP contribution in [0.25, 0.3) is 0 Å². The molecule has 4 nitrogen and oxygen atoms in total. The molecule has 0 aromatic carbocycles. The number of hydrogen-bond acceptors (Lipinski definition) is 4. The van der Waals surface area contributed by atoms with Crippen LogP contribution < -0.4 is 10.2 Å². The Labute approximate surface area is 110 Å². The van der Waals surface area contributed by atoms with Crippen molar-refractivity contribution in [1.29, 1.82) is 0 Å². The first kappa shape index (κ1) is 13.1. The van der Waals surface area contributed by atoms with Crippen LogP contribution in [0.1, 0.15) is 51.5 Å². The van der Waals surface area contributed by atoms with Crippen LogP contribution in [0, 0.1) is 0 Å². The Hall–Kier alpha value is -1.32. The molecule has 100 valence electrons. The van der Waals surface area contributed by atoms with Gasteiger partial charge in [-0.15, -0.1) is 0 Å². The number of anilines is 2. The molecule has 1 aliphatic rings. The van der Waals surface area contributed by atoms with Gasteiger partial charge in [-0.1, -0.05) is 20.8 Å². The maximum Gasteiger partial charge on any atom is 0.137 e. The van der Waals surface area contributed by atoms with Crippen LogP contribution in [-0.2, 0) is 0 Å². The van der Waals surface area contributed by atoms with E-state index in [0.29, 0.717) is 5.92 Å². The minimum Gasteiger partial charge on any atom is -0.370 e. The lowest BCUT2D eigenvalue weighted by molar-refractivity contribution is 0.814. The van der Waals surface area contributed by atoms with Crippen LogP contribution in [0.15, 0.2) is 6.33 Å². The van der Waals surface area contributed by atoms with Gasteiger partial charge in [-0.25, -0.2) is 9.97 Å². The molecule has 1 aromatic rings. The number of nitrogens with zero attached hydrogens (tertiary/aromatic N) is 3. The highest BCUT2D eigenvalue weighted by Gasteiger charge is 2.21. The van der Waals surface area contributed by atoms with E-state index in [-0.39, 0.29) is 0 Å². The van der Waals surface area contributed by atoms with Crippen LogP contribution >= 0.6 is 0 Å². The Morgan fingerprint density at radius 3 is 2.61 bits per heavy atom. The summed E-state index contributed by atoms with van der Waals surface area (Å²) in [7, 11) is 0. The fourth-order valence-corrected chi connectivity index (χ4v) is 2.48. The third kappa shape index (κ3) is 2.74. The Bertz CT molecular complexity index is 383. The van der Waals surface area contributed by atoms with Crippen molar-refractivity contribution >= 4 is 11.6 Å². The molecule has 0 atom stereocenters. The average Bonchev–Trinajstić information content (AvgIpc) is 2.89. The maximum atomic E-state index is 4.53. The SMILES string of the molecule is CCCNc1ncnc(N2CCCC2)c1C(C)C. The molecule has 1 N–H and O–H groups in total. The molecule has 1 fully saturated rings. The molecule has 0 spiro atoms. The fourth-order valence-electron chi connectivity index (χ4n) is 2.48. The van der Waals surface area contributed by atoms with E-state index in [1.807, 2.05) is 0 Å². The van der Waals surface area contributed by atoms with Gasteiger partial charge in [-0.05, 0) is 25.2 Å². The molecule has 0 aliphatic carbocycles. The summed E-state index contributed by atoms with van der Waals surface area (Å²) >= 11 is 0. The molecule has 18 heavy (non-hydrogen) atoms. The molecule has 2 rings (SSSR count). The van der Waals surface area contributed by atoms with Gasteiger partial charge in [0.1, 0.15) is 18.0 Å². The van der Waals surface area contributed by atoms with Crippen molar-refractivity contribution in [1.82, 2.24) is 9.97 Å². The molecule has 1 aliphatic heterocycles. The lowest BCUT2D eigenvalue weighted by Crippen LogP contribution is -2.22. The molecule has 4 heteroatoms. The molecule has 0 radical (unpaired) electrons. The normalized spacial score (nSPS) is 15.4. The first-order chi connectivity index (χ1) is 8.74. The van der Waals surface area contributed by atoms with E-state index in [1.54, 1.807) is 6.33 Å². The summed E-state index contributed by atoms with van der Waals surface area (Å²) in [5, 5.41) is 3.43. The number of nitrogens with one attached hydrogen (secondary N) is 1. The van der Waals surface area contributed by atoms with Crippen molar-refractivity contribution in [2.45, 2.75) is 46.0 Å². The largest absolute Gasteiger partial charge is 0.370 e. The van der Waals surface area contributed by atoms with E-state index in [4.69, 9.17) is 0 Å². The van der Waals surface area contributed by atoms with Gasteiger partial charge in [0.15, 0.2) is 0 Å². The standard InChI is InChI=1S/C14H24N4/c1-4-7-15-13-12(11(2)3)14(17-10-16-13)18-8-5-6-9-18/h10-11H,4-9H2,1-3H3,(H,15,16,17). The lowest BCUT2D eigenvalue weighted by atomic mass is 10.0. The van der Waals surface area contributed by atoms with E-state index in [1.165, 1.54) is 18.4 Å². The highest BCUT2D eigenvalue weighted by atomic mass is 15.2. The quantitative estimate of drug-likeness (QED) is 0.869. The first-order valence-corrected chi connectivity index (χ1v) is 7.07. The Morgan fingerprint density at radius 1 is 1.28 bits per heavy atom. The molecule has 1 saturated heterocycles. The first-order valence-electron chi connectivity index (χ1n) is 7.07. The molecular weight excluding hydrogens is 224 g/mol. The second kappa shape index (κ2) is 6.03. The van der Waals surface area contributed by atoms with Crippen molar-refractivity contribution in [3.63, 3.8) is 0 Å². The molecule has 0 saturated carbocycles. The lowest BCUT2D eigenvalue weighted by Gasteiger charge is -2.23. The summed E-state index contributed by atoms with van der Waals surface area (Å²) in [6.45, 7) is 9.83. The van der Waals surface area contributed by atoms with Gasteiger partial charge in [0.05, 0.1) is 0 Å². The predicted molar refractivity (Wildman–Crippen MR) is 76.3 cm³/mol. The highest BCUT2D eigenvalue weighted by Crippen LogP contribution is 2.32. The van der Waals surface area contributed by atoms with Crippen LogP contribution in [0.2, 0.25) is 0 Å². The van der Waals surface area contributed by atoms with Gasteiger partial charge < -0.3 is 10.2 Å². The van der Waals surface area contributed by atoms with Crippen molar-refractivity contribution in [3.05, 3.63) is 11.9 Å². The van der Waals surface area contributed by atoms with Gasteiger partial charge in [-0.2, -0.15) is 0 Å². The van der Waals surface area contributed by atoms with Gasteiger partial charge in [-0.3, -0.25) is 0 Å². The second-order valence-electron chi connectivity index (χ2n) is 5.24. The third-order valence-electron chi connectivity index (χ3n) is 3.39. The van der Waals surface area contributed by atoms with Gasteiger partial charge >= 0.3 is 0 Å². The topological polar surface area (TPSA) is 41.1 Å². The Morgan fingerprint density at radius 2 is 2.00 bits per heavy atom. The molecular formula is C14H24N4. The fraction of sp³-hybridized carbons (Fsp3) is 0.714.